The highest BCUT2D eigenvalue weighted by molar-refractivity contribution is 7.17. The van der Waals surface area contributed by atoms with Crippen molar-refractivity contribution in [1.29, 1.82) is 0 Å². The minimum absolute atomic E-state index is 0.0136. The number of aromatic nitrogens is 1. The lowest BCUT2D eigenvalue weighted by molar-refractivity contribution is -0.132. The number of aryl methyl sites for hydroxylation is 1. The lowest BCUT2D eigenvalue weighted by Crippen LogP contribution is -2.29. The molecule has 1 atom stereocenters. The number of halogens is 1. The Morgan fingerprint density at radius 2 is 2.00 bits per heavy atom. The summed E-state index contributed by atoms with van der Waals surface area (Å²) in [5, 5.41) is 11.9. The molecule has 1 fully saturated rings. The van der Waals surface area contributed by atoms with Crippen LogP contribution in [-0.2, 0) is 14.3 Å². The molecule has 4 rings (SSSR count). The average molecular weight is 567 g/mol. The van der Waals surface area contributed by atoms with Gasteiger partial charge in [0.2, 0.25) is 0 Å². The van der Waals surface area contributed by atoms with E-state index >= 15 is 0 Å². The van der Waals surface area contributed by atoms with E-state index in [4.69, 9.17) is 21.1 Å². The van der Waals surface area contributed by atoms with E-state index in [1.54, 1.807) is 55.5 Å². The number of carbonyl (C=O) groups excluding carboxylic acids is 3. The third-order valence-electron chi connectivity index (χ3n) is 5.99. The first-order chi connectivity index (χ1) is 18.8. The Balaban J connectivity index is 1.83. The Morgan fingerprint density at radius 3 is 2.72 bits per heavy atom. The highest BCUT2D eigenvalue weighted by atomic mass is 35.5. The Kier molecular flexibility index (Phi) is 8.83. The number of ether oxygens (including phenoxy) is 2. The second kappa shape index (κ2) is 12.3. The smallest absolute Gasteiger partial charge is 0.350 e. The molecule has 8 nitrogen and oxygen atoms in total. The molecule has 1 aliphatic heterocycles. The number of esters is 1. The van der Waals surface area contributed by atoms with Crippen LogP contribution < -0.4 is 9.64 Å². The molecule has 0 spiro atoms. The number of unbranched alkanes of at least 4 members (excludes halogenated alkanes) is 1. The van der Waals surface area contributed by atoms with Gasteiger partial charge in [0.15, 0.2) is 5.13 Å². The van der Waals surface area contributed by atoms with Crippen LogP contribution in [0.25, 0.3) is 5.76 Å². The number of aliphatic hydroxyl groups is 1. The van der Waals surface area contributed by atoms with Crippen molar-refractivity contribution in [3.05, 3.63) is 93.5 Å². The molecule has 1 N–H and O–H groups in total. The number of benzene rings is 2. The zero-order chi connectivity index (χ0) is 28.1. The average Bonchev–Trinajstić information content (AvgIpc) is 3.43. The number of rotatable bonds is 10. The monoisotopic (exact) mass is 566 g/mol. The van der Waals surface area contributed by atoms with Crippen LogP contribution in [0.3, 0.4) is 0 Å². The Labute approximate surface area is 235 Å². The summed E-state index contributed by atoms with van der Waals surface area (Å²) < 4.78 is 10.9. The molecule has 1 aromatic heterocycles. The number of carbonyl (C=O) groups is 3. The first-order valence-corrected chi connectivity index (χ1v) is 13.5. The maximum absolute atomic E-state index is 13.4. The Hall–Kier alpha value is -3.95. The van der Waals surface area contributed by atoms with Gasteiger partial charge in [0.25, 0.3) is 5.78 Å². The maximum Gasteiger partial charge on any atom is 0.350 e. The first kappa shape index (κ1) is 28.1. The standard InChI is InChI=1S/C29H27ClN2O6S/c1-4-6-14-37-21-12-8-10-19(16-21)24(33)22-23(18-9-7-11-20(30)15-18)32(27(35)25(22)34)29-31-17(3)26(39-29)28(36)38-13-5-2/h5,7-12,15-16,23,33H,2,4,6,13-14H2,1,3H3/b24-22+. The number of hydrogen-bond acceptors (Lipinski definition) is 8. The maximum atomic E-state index is 13.4. The fraction of sp³-hybridized carbons (Fsp3) is 0.241. The van der Waals surface area contributed by atoms with E-state index in [0.29, 0.717) is 34.2 Å². The Morgan fingerprint density at radius 1 is 1.23 bits per heavy atom. The van der Waals surface area contributed by atoms with E-state index in [-0.39, 0.29) is 27.9 Å². The summed E-state index contributed by atoms with van der Waals surface area (Å²) in [6, 6.07) is 12.3. The van der Waals surface area contributed by atoms with Crippen LogP contribution in [0, 0.1) is 6.92 Å². The third-order valence-corrected chi connectivity index (χ3v) is 7.36. The van der Waals surface area contributed by atoms with Gasteiger partial charge < -0.3 is 14.6 Å². The molecule has 0 saturated carbocycles. The summed E-state index contributed by atoms with van der Waals surface area (Å²) >= 11 is 7.19. The van der Waals surface area contributed by atoms with Gasteiger partial charge in [0.1, 0.15) is 23.0 Å². The van der Waals surface area contributed by atoms with Gasteiger partial charge in [0, 0.05) is 10.6 Å². The number of nitrogens with zero attached hydrogens (tertiary/aromatic N) is 2. The molecule has 39 heavy (non-hydrogen) atoms. The highest BCUT2D eigenvalue weighted by Crippen LogP contribution is 2.44. The molecular weight excluding hydrogens is 540 g/mol. The normalized spacial score (nSPS) is 16.4. The van der Waals surface area contributed by atoms with Crippen LogP contribution >= 0.6 is 22.9 Å². The molecule has 1 aliphatic rings. The van der Waals surface area contributed by atoms with E-state index in [9.17, 15) is 19.5 Å². The number of anilines is 1. The predicted octanol–water partition coefficient (Wildman–Crippen LogP) is 6.25. The van der Waals surface area contributed by atoms with E-state index in [1.807, 2.05) is 0 Å². The van der Waals surface area contributed by atoms with Gasteiger partial charge in [-0.2, -0.15) is 0 Å². The lowest BCUT2D eigenvalue weighted by atomic mass is 9.95. The van der Waals surface area contributed by atoms with Gasteiger partial charge >= 0.3 is 11.9 Å². The van der Waals surface area contributed by atoms with Crippen LogP contribution in [0.4, 0.5) is 5.13 Å². The fourth-order valence-electron chi connectivity index (χ4n) is 4.12. The first-order valence-electron chi connectivity index (χ1n) is 12.3. The lowest BCUT2D eigenvalue weighted by Gasteiger charge is -2.23. The molecular formula is C29H27ClN2O6S. The van der Waals surface area contributed by atoms with E-state index < -0.39 is 23.7 Å². The summed E-state index contributed by atoms with van der Waals surface area (Å²) in [4.78, 5) is 45.2. The van der Waals surface area contributed by atoms with Crippen LogP contribution in [0.5, 0.6) is 5.75 Å². The molecule has 2 heterocycles. The highest BCUT2D eigenvalue weighted by Gasteiger charge is 2.48. The van der Waals surface area contributed by atoms with Gasteiger partial charge in [-0.25, -0.2) is 9.78 Å². The summed E-state index contributed by atoms with van der Waals surface area (Å²) in [7, 11) is 0. The third kappa shape index (κ3) is 5.89. The van der Waals surface area contributed by atoms with Crippen molar-refractivity contribution in [2.24, 2.45) is 0 Å². The van der Waals surface area contributed by atoms with Crippen LogP contribution in [-0.4, -0.2) is 41.0 Å². The van der Waals surface area contributed by atoms with Crippen molar-refractivity contribution in [3.63, 3.8) is 0 Å². The van der Waals surface area contributed by atoms with Crippen molar-refractivity contribution in [2.75, 3.05) is 18.1 Å². The largest absolute Gasteiger partial charge is 0.507 e. The summed E-state index contributed by atoms with van der Waals surface area (Å²) in [5.74, 6) is -2.23. The minimum Gasteiger partial charge on any atom is -0.507 e. The van der Waals surface area contributed by atoms with Crippen molar-refractivity contribution in [2.45, 2.75) is 32.7 Å². The van der Waals surface area contributed by atoms with Gasteiger partial charge in [-0.1, -0.05) is 73.2 Å². The molecule has 0 aliphatic carbocycles. The second-order valence-electron chi connectivity index (χ2n) is 8.75. The molecule has 10 heteroatoms. The summed E-state index contributed by atoms with van der Waals surface area (Å²) in [6.07, 6.45) is 3.27. The van der Waals surface area contributed by atoms with Crippen molar-refractivity contribution in [1.82, 2.24) is 4.98 Å². The van der Waals surface area contributed by atoms with Crippen molar-refractivity contribution in [3.8, 4) is 5.75 Å². The van der Waals surface area contributed by atoms with E-state index in [1.165, 1.54) is 11.0 Å². The molecule has 0 radical (unpaired) electrons. The van der Waals surface area contributed by atoms with Crippen LogP contribution in [0.15, 0.2) is 66.8 Å². The molecule has 2 aromatic carbocycles. The van der Waals surface area contributed by atoms with Crippen LogP contribution in [0.1, 0.15) is 52.3 Å². The Bertz CT molecular complexity index is 1460. The molecule has 1 unspecified atom stereocenters. The predicted molar refractivity (Wildman–Crippen MR) is 150 cm³/mol. The molecule has 1 amide bonds. The quantitative estimate of drug-likeness (QED) is 0.0771. The zero-order valence-electron chi connectivity index (χ0n) is 21.5. The minimum atomic E-state index is -1.05. The topological polar surface area (TPSA) is 106 Å². The summed E-state index contributed by atoms with van der Waals surface area (Å²) in [6.45, 7) is 7.72. The number of amides is 1. The number of hydrogen-bond donors (Lipinski definition) is 1. The van der Waals surface area contributed by atoms with Gasteiger partial charge in [-0.3, -0.25) is 14.5 Å². The number of thiazole rings is 1. The summed E-state index contributed by atoms with van der Waals surface area (Å²) in [5.41, 5.74) is 1.02. The zero-order valence-corrected chi connectivity index (χ0v) is 23.1. The van der Waals surface area contributed by atoms with Gasteiger partial charge in [-0.05, 0) is 43.2 Å². The number of ketones is 1. The van der Waals surface area contributed by atoms with E-state index in [2.05, 4.69) is 18.5 Å². The van der Waals surface area contributed by atoms with Gasteiger partial charge in [0.05, 0.1) is 23.9 Å². The van der Waals surface area contributed by atoms with E-state index in [0.717, 1.165) is 24.2 Å². The second-order valence-corrected chi connectivity index (χ2v) is 10.2. The SMILES string of the molecule is C=CCOC(=O)c1sc(N2C(=O)C(=O)/C(=C(/O)c3cccc(OCCCC)c3)C2c2cccc(Cl)c2)nc1C. The van der Waals surface area contributed by atoms with Crippen molar-refractivity contribution < 1.29 is 29.0 Å². The van der Waals surface area contributed by atoms with Gasteiger partial charge in [-0.15, -0.1) is 0 Å². The molecule has 0 bridgehead atoms. The van der Waals surface area contributed by atoms with Crippen molar-refractivity contribution >= 4 is 51.5 Å². The fourth-order valence-corrected chi connectivity index (χ4v) is 5.31. The molecule has 202 valence electrons. The molecule has 3 aromatic rings. The number of Topliss-reactive ketones (excluding diaryl/α,β-unsaturated/α-hetero) is 1. The number of aliphatic hydroxyl groups excluding tert-OH is 1. The molecule has 1 saturated heterocycles. The van der Waals surface area contributed by atoms with Crippen LogP contribution in [0.2, 0.25) is 5.02 Å².